The van der Waals surface area contributed by atoms with E-state index in [1.807, 2.05) is 45.1 Å². The van der Waals surface area contributed by atoms with E-state index < -0.39 is 62.1 Å². The van der Waals surface area contributed by atoms with Gasteiger partial charge in [0.2, 0.25) is 33.8 Å². The van der Waals surface area contributed by atoms with Crippen LogP contribution in [0.1, 0.15) is 84.1 Å². The minimum absolute atomic E-state index is 0.0175. The number of pyridine rings is 1. The van der Waals surface area contributed by atoms with E-state index in [4.69, 9.17) is 19.2 Å². The molecule has 0 radical (unpaired) electrons. The van der Waals surface area contributed by atoms with E-state index in [2.05, 4.69) is 15.0 Å². The molecule has 5 unspecified atom stereocenters. The van der Waals surface area contributed by atoms with Crippen LogP contribution < -0.4 is 24.2 Å². The molecule has 5 atom stereocenters. The third-order valence-corrected chi connectivity index (χ3v) is 12.8. The van der Waals surface area contributed by atoms with Crippen LogP contribution in [0, 0.1) is 12.8 Å². The molecular formula is C37H47N5O9S. The average Bonchev–Trinajstić information content (AvgIpc) is 3.97. The topological polar surface area (TPSA) is 183 Å². The van der Waals surface area contributed by atoms with E-state index >= 15 is 0 Å². The van der Waals surface area contributed by atoms with Gasteiger partial charge in [-0.3, -0.25) is 19.1 Å². The first-order valence-corrected chi connectivity index (χ1v) is 19.4. The summed E-state index contributed by atoms with van der Waals surface area (Å²) in [7, 11) is -2.41. The number of hydrogen-bond acceptors (Lipinski definition) is 11. The molecule has 2 saturated carbocycles. The van der Waals surface area contributed by atoms with Gasteiger partial charge in [-0.25, -0.2) is 18.2 Å². The van der Waals surface area contributed by atoms with Crippen LogP contribution in [0.5, 0.6) is 17.4 Å². The van der Waals surface area contributed by atoms with Gasteiger partial charge in [0, 0.05) is 29.4 Å². The number of aliphatic imine (C=N–C) groups is 1. The van der Waals surface area contributed by atoms with E-state index in [0.29, 0.717) is 60.4 Å². The molecule has 1 aromatic heterocycles. The van der Waals surface area contributed by atoms with E-state index in [1.54, 1.807) is 20.1 Å². The summed E-state index contributed by atoms with van der Waals surface area (Å²) in [6.45, 7) is 7.20. The Morgan fingerprint density at radius 2 is 1.94 bits per heavy atom. The van der Waals surface area contributed by atoms with Gasteiger partial charge in [-0.2, -0.15) is 4.99 Å². The number of ether oxygens (including phenoxy) is 3. The van der Waals surface area contributed by atoms with Crippen molar-refractivity contribution in [3.63, 3.8) is 0 Å². The van der Waals surface area contributed by atoms with Crippen molar-refractivity contribution >= 4 is 44.7 Å². The molecule has 0 spiro atoms. The molecule has 3 fully saturated rings. The molecule has 2 N–H and O–H groups in total. The Morgan fingerprint density at radius 3 is 2.63 bits per heavy atom. The summed E-state index contributed by atoms with van der Waals surface area (Å²) in [6, 6.07) is 3.14. The number of rotatable bonds is 9. The van der Waals surface area contributed by atoms with E-state index in [9.17, 15) is 27.6 Å². The Kier molecular flexibility index (Phi) is 10.4. The average molecular weight is 738 g/mol. The third kappa shape index (κ3) is 7.38. The van der Waals surface area contributed by atoms with Crippen LogP contribution in [0.25, 0.3) is 10.9 Å². The Bertz CT molecular complexity index is 1940. The van der Waals surface area contributed by atoms with Crippen LogP contribution in [0.3, 0.4) is 0 Å². The highest BCUT2D eigenvalue weighted by Crippen LogP contribution is 2.47. The first-order valence-electron chi connectivity index (χ1n) is 18.0. The van der Waals surface area contributed by atoms with Gasteiger partial charge in [0.05, 0.1) is 30.0 Å². The highest BCUT2D eigenvalue weighted by atomic mass is 32.2. The van der Waals surface area contributed by atoms with Gasteiger partial charge in [0.1, 0.15) is 35.2 Å². The number of sulfonamides is 1. The lowest BCUT2D eigenvalue weighted by Gasteiger charge is -2.28. The minimum Gasteiger partial charge on any atom is -0.496 e. The Morgan fingerprint density at radius 1 is 1.17 bits per heavy atom. The number of aryl methyl sites for hydroxylation is 1. The van der Waals surface area contributed by atoms with Crippen molar-refractivity contribution in [3.8, 4) is 17.4 Å². The van der Waals surface area contributed by atoms with Gasteiger partial charge in [0.15, 0.2) is 0 Å². The van der Waals surface area contributed by atoms with Crippen LogP contribution in [0.15, 0.2) is 35.3 Å². The molecule has 1 saturated heterocycles. The molecule has 2 aliphatic carbocycles. The quantitative estimate of drug-likeness (QED) is 0.218. The summed E-state index contributed by atoms with van der Waals surface area (Å²) in [5, 5.41) is 3.54. The standard InChI is InChI=1S/C37H47N5O9S/c1-22(2)50-31-18-30(26-13-14-29(49-5)23(3)32(26)39-31)51-25-17-28-33(44)40-37(35(46)41-52(47,48)36(4)15-16-36)19-24(37)11-9-7-6-8-10-12-27(38-21-43)34(45)42(28)20-25/h9,11,13-14,18,22,24-25,27-28H,6-8,10,12,15-17,19-20H2,1-5H3,(H,40,44)(H,41,46). The Hall–Kier alpha value is -4.49. The van der Waals surface area contributed by atoms with Crippen LogP contribution in [-0.4, -0.2) is 90.3 Å². The van der Waals surface area contributed by atoms with Crippen molar-refractivity contribution < 1.29 is 41.8 Å². The van der Waals surface area contributed by atoms with Crippen molar-refractivity contribution in [2.75, 3.05) is 13.7 Å². The first kappa shape index (κ1) is 37.3. The number of nitrogens with zero attached hydrogens (tertiary/aromatic N) is 3. The normalized spacial score (nSPS) is 27.3. The largest absolute Gasteiger partial charge is 0.496 e. The zero-order chi connectivity index (χ0) is 37.4. The number of carbonyl (C=O) groups is 3. The third-order valence-electron chi connectivity index (χ3n) is 10.6. The molecule has 2 aromatic rings. The zero-order valence-corrected chi connectivity index (χ0v) is 31.1. The number of nitrogens with one attached hydrogen (secondary N) is 2. The fraction of sp³-hybridized carbons (Fsp3) is 0.595. The maximum atomic E-state index is 14.3. The van der Waals surface area contributed by atoms with Gasteiger partial charge in [-0.05, 0) is 78.4 Å². The molecule has 1 aromatic carbocycles. The molecule has 14 nitrogen and oxygen atoms in total. The lowest BCUT2D eigenvalue weighted by atomic mass is 10.1. The fourth-order valence-corrected chi connectivity index (χ4v) is 8.45. The number of amides is 3. The SMILES string of the molecule is COc1ccc2c(OC3CC4C(=O)NC5(C(=O)NS(=O)(=O)C6(C)CC6)CC5C=CCCCCCC(N=C=O)C(=O)N4C3)cc(OC(C)C)nc2c1C. The van der Waals surface area contributed by atoms with Crippen LogP contribution in [0.4, 0.5) is 0 Å². The number of methoxy groups -OCH3 is 1. The second-order valence-electron chi connectivity index (χ2n) is 14.9. The molecule has 15 heteroatoms. The molecule has 6 rings (SSSR count). The number of fused-ring (bicyclic) bond motifs is 3. The van der Waals surface area contributed by atoms with Gasteiger partial charge >= 0.3 is 0 Å². The predicted octanol–water partition coefficient (Wildman–Crippen LogP) is 3.79. The predicted molar refractivity (Wildman–Crippen MR) is 191 cm³/mol. The molecule has 3 heterocycles. The van der Waals surface area contributed by atoms with Crippen molar-refractivity contribution in [3.05, 3.63) is 35.9 Å². The maximum absolute atomic E-state index is 14.3. The lowest BCUT2D eigenvalue weighted by Crippen LogP contribution is -2.57. The van der Waals surface area contributed by atoms with Crippen molar-refractivity contribution in [2.45, 2.75) is 120 Å². The van der Waals surface area contributed by atoms with Crippen LogP contribution in [-0.2, 0) is 29.2 Å². The van der Waals surface area contributed by atoms with Gasteiger partial charge in [0.25, 0.3) is 5.91 Å². The monoisotopic (exact) mass is 737 g/mol. The highest BCUT2D eigenvalue weighted by Gasteiger charge is 2.63. The molecule has 52 heavy (non-hydrogen) atoms. The molecular weight excluding hydrogens is 690 g/mol. The molecule has 3 amide bonds. The summed E-state index contributed by atoms with van der Waals surface area (Å²) < 4.78 is 45.5. The minimum atomic E-state index is -3.98. The van der Waals surface area contributed by atoms with Gasteiger partial charge in [-0.1, -0.05) is 25.0 Å². The Balaban J connectivity index is 1.34. The lowest BCUT2D eigenvalue weighted by molar-refractivity contribution is -0.140. The maximum Gasteiger partial charge on any atom is 0.259 e. The zero-order valence-electron chi connectivity index (χ0n) is 30.3. The Labute approximate surface area is 303 Å². The fourth-order valence-electron chi connectivity index (χ4n) is 7.13. The second-order valence-corrected chi connectivity index (χ2v) is 17.1. The van der Waals surface area contributed by atoms with E-state index in [-0.39, 0.29) is 25.5 Å². The number of isocyanates is 1. The number of hydrogen-bond donors (Lipinski definition) is 2. The van der Waals surface area contributed by atoms with E-state index in [0.717, 1.165) is 18.4 Å². The smallest absolute Gasteiger partial charge is 0.259 e. The van der Waals surface area contributed by atoms with Crippen LogP contribution >= 0.6 is 0 Å². The van der Waals surface area contributed by atoms with Gasteiger partial charge in [-0.15, -0.1) is 0 Å². The van der Waals surface area contributed by atoms with Crippen molar-refractivity contribution in [1.29, 1.82) is 0 Å². The number of allylic oxidation sites excluding steroid dienone is 1. The first-order chi connectivity index (χ1) is 24.7. The highest BCUT2D eigenvalue weighted by molar-refractivity contribution is 7.91. The summed E-state index contributed by atoms with van der Waals surface area (Å²) >= 11 is 0. The second kappa shape index (κ2) is 14.5. The number of benzene rings is 1. The van der Waals surface area contributed by atoms with Crippen LogP contribution in [0.2, 0.25) is 0 Å². The van der Waals surface area contributed by atoms with Gasteiger partial charge < -0.3 is 24.4 Å². The summed E-state index contributed by atoms with van der Waals surface area (Å²) in [5.74, 6) is -1.00. The molecule has 280 valence electrons. The summed E-state index contributed by atoms with van der Waals surface area (Å²) in [5.41, 5.74) is -0.136. The van der Waals surface area contributed by atoms with E-state index in [1.165, 1.54) is 11.0 Å². The molecule has 0 bridgehead atoms. The molecule has 2 aliphatic heterocycles. The number of aromatic nitrogens is 1. The summed E-state index contributed by atoms with van der Waals surface area (Å²) in [4.78, 5) is 63.5. The molecule has 4 aliphatic rings. The summed E-state index contributed by atoms with van der Waals surface area (Å²) in [6.07, 6.45) is 8.75. The number of carbonyl (C=O) groups excluding carboxylic acids is 4. The van der Waals surface area contributed by atoms with Crippen molar-refractivity contribution in [2.24, 2.45) is 10.9 Å². The van der Waals surface area contributed by atoms with Crippen molar-refractivity contribution in [1.82, 2.24) is 19.9 Å².